The van der Waals surface area contributed by atoms with Crippen LogP contribution in [0.25, 0.3) is 10.8 Å². The maximum Gasteiger partial charge on any atom is 0.326 e. The van der Waals surface area contributed by atoms with Crippen molar-refractivity contribution in [2.24, 2.45) is 5.73 Å². The zero-order valence-electron chi connectivity index (χ0n) is 20.0. The Morgan fingerprint density at radius 1 is 1.00 bits per heavy atom. The maximum atomic E-state index is 13.3. The molecule has 2 amide bonds. The molecule has 0 spiro atoms. The van der Waals surface area contributed by atoms with E-state index in [1.165, 1.54) is 10.5 Å². The third-order valence-corrected chi connectivity index (χ3v) is 7.01. The molecule has 8 heteroatoms. The fourth-order valence-electron chi connectivity index (χ4n) is 5.17. The van der Waals surface area contributed by atoms with Gasteiger partial charge in [-0.05, 0) is 47.1 Å². The van der Waals surface area contributed by atoms with Crippen molar-refractivity contribution in [1.29, 1.82) is 0 Å². The molecule has 5 rings (SSSR count). The Morgan fingerprint density at radius 2 is 1.72 bits per heavy atom. The third-order valence-electron chi connectivity index (χ3n) is 7.01. The van der Waals surface area contributed by atoms with E-state index in [-0.39, 0.29) is 18.7 Å². The third kappa shape index (κ3) is 4.69. The standard InChI is InChI=1S/C28H29N3O5/c29-25(32)11-10-24(28(34)35)31-23-9-8-20(21-2-1-3-22(26(21)23)27(31)33)16-18-4-6-19(7-5-18)17-30-12-14-36-15-13-30/h1-9,24H,10-17H2,(H2,29,32)(H,34,35)/t24-/m0/s1. The minimum atomic E-state index is -1.16. The average molecular weight is 488 g/mol. The van der Waals surface area contributed by atoms with Crippen molar-refractivity contribution in [3.63, 3.8) is 0 Å². The van der Waals surface area contributed by atoms with Gasteiger partial charge in [0.25, 0.3) is 5.91 Å². The summed E-state index contributed by atoms with van der Waals surface area (Å²) in [7, 11) is 0. The van der Waals surface area contributed by atoms with E-state index in [2.05, 4.69) is 29.2 Å². The van der Waals surface area contributed by atoms with Gasteiger partial charge in [-0.15, -0.1) is 0 Å². The largest absolute Gasteiger partial charge is 0.480 e. The fourth-order valence-corrected chi connectivity index (χ4v) is 5.17. The van der Waals surface area contributed by atoms with E-state index in [1.807, 2.05) is 24.3 Å². The van der Waals surface area contributed by atoms with Gasteiger partial charge >= 0.3 is 5.97 Å². The SMILES string of the molecule is NC(=O)CC[C@@H](C(=O)O)N1C(=O)c2cccc3c(Cc4ccc(CN5CCOCC5)cc4)ccc1c23. The number of carbonyl (C=O) groups excluding carboxylic acids is 2. The van der Waals surface area contributed by atoms with Gasteiger partial charge < -0.3 is 15.6 Å². The number of amides is 2. The summed E-state index contributed by atoms with van der Waals surface area (Å²) in [4.78, 5) is 40.3. The molecule has 0 aliphatic carbocycles. The van der Waals surface area contributed by atoms with E-state index >= 15 is 0 Å². The molecule has 0 saturated carbocycles. The molecule has 0 bridgehead atoms. The van der Waals surface area contributed by atoms with Crippen LogP contribution < -0.4 is 10.6 Å². The van der Waals surface area contributed by atoms with E-state index in [0.29, 0.717) is 17.7 Å². The second-order valence-corrected chi connectivity index (χ2v) is 9.39. The number of hydrogen-bond donors (Lipinski definition) is 2. The van der Waals surface area contributed by atoms with Gasteiger partial charge in [-0.2, -0.15) is 0 Å². The van der Waals surface area contributed by atoms with Crippen LogP contribution >= 0.6 is 0 Å². The minimum Gasteiger partial charge on any atom is -0.480 e. The number of benzene rings is 3. The molecule has 1 saturated heterocycles. The van der Waals surface area contributed by atoms with Gasteiger partial charge in [0, 0.05) is 37.0 Å². The lowest BCUT2D eigenvalue weighted by Gasteiger charge is -2.26. The number of rotatable bonds is 9. The molecule has 0 unspecified atom stereocenters. The molecule has 0 radical (unpaired) electrons. The zero-order valence-corrected chi connectivity index (χ0v) is 20.0. The van der Waals surface area contributed by atoms with E-state index in [0.717, 1.165) is 54.7 Å². The normalized spacial score (nSPS) is 16.4. The first-order valence-electron chi connectivity index (χ1n) is 12.2. The predicted octanol–water partition coefficient (Wildman–Crippen LogP) is 2.94. The van der Waals surface area contributed by atoms with E-state index in [4.69, 9.17) is 10.5 Å². The number of anilines is 1. The smallest absolute Gasteiger partial charge is 0.326 e. The van der Waals surface area contributed by atoms with Crippen molar-refractivity contribution in [1.82, 2.24) is 4.90 Å². The molecule has 0 aromatic heterocycles. The summed E-state index contributed by atoms with van der Waals surface area (Å²) in [5.41, 5.74) is 9.77. The van der Waals surface area contributed by atoms with Crippen molar-refractivity contribution in [2.75, 3.05) is 31.2 Å². The van der Waals surface area contributed by atoms with Crippen molar-refractivity contribution in [3.05, 3.63) is 76.9 Å². The summed E-state index contributed by atoms with van der Waals surface area (Å²) in [5, 5.41) is 11.5. The van der Waals surface area contributed by atoms with Crippen LogP contribution in [0.3, 0.4) is 0 Å². The molecular formula is C28H29N3O5. The number of carbonyl (C=O) groups is 3. The van der Waals surface area contributed by atoms with Gasteiger partial charge in [0.2, 0.25) is 5.91 Å². The Hall–Kier alpha value is -3.75. The number of nitrogens with two attached hydrogens (primary N) is 1. The Kier molecular flexibility index (Phi) is 6.71. The van der Waals surface area contributed by atoms with Gasteiger partial charge in [0.1, 0.15) is 6.04 Å². The second kappa shape index (κ2) is 10.1. The molecule has 1 fully saturated rings. The van der Waals surface area contributed by atoms with Gasteiger partial charge in [-0.3, -0.25) is 19.4 Å². The summed E-state index contributed by atoms with van der Waals surface area (Å²) in [6, 6.07) is 16.7. The van der Waals surface area contributed by atoms with Crippen LogP contribution in [0.15, 0.2) is 54.6 Å². The van der Waals surface area contributed by atoms with Crippen LogP contribution in [0.4, 0.5) is 5.69 Å². The lowest BCUT2D eigenvalue weighted by atomic mass is 9.95. The molecule has 36 heavy (non-hydrogen) atoms. The molecule has 3 N–H and O–H groups in total. The molecule has 2 aliphatic rings. The second-order valence-electron chi connectivity index (χ2n) is 9.39. The number of aliphatic carboxylic acids is 1. The number of carboxylic acid groups (broad SMARTS) is 1. The molecule has 2 aliphatic heterocycles. The van der Waals surface area contributed by atoms with Crippen molar-refractivity contribution < 1.29 is 24.2 Å². The average Bonchev–Trinajstić information content (AvgIpc) is 3.15. The molecule has 1 atom stereocenters. The van der Waals surface area contributed by atoms with Crippen LogP contribution in [0.1, 0.15) is 39.9 Å². The van der Waals surface area contributed by atoms with Crippen LogP contribution in [0.2, 0.25) is 0 Å². The first kappa shape index (κ1) is 24.0. The number of primary amides is 1. The Labute approximate surface area is 209 Å². The van der Waals surface area contributed by atoms with Gasteiger partial charge in [0.05, 0.1) is 18.9 Å². The highest BCUT2D eigenvalue weighted by Crippen LogP contribution is 2.41. The Bertz CT molecular complexity index is 1310. The van der Waals surface area contributed by atoms with Crippen LogP contribution in [0.5, 0.6) is 0 Å². The molecule has 186 valence electrons. The molecule has 8 nitrogen and oxygen atoms in total. The quantitative estimate of drug-likeness (QED) is 0.480. The molecule has 2 heterocycles. The van der Waals surface area contributed by atoms with Crippen molar-refractivity contribution >= 4 is 34.2 Å². The Balaban J connectivity index is 1.41. The van der Waals surface area contributed by atoms with Gasteiger partial charge in [-0.1, -0.05) is 42.5 Å². The molecule has 3 aromatic carbocycles. The number of hydrogen-bond acceptors (Lipinski definition) is 5. The maximum absolute atomic E-state index is 13.3. The lowest BCUT2D eigenvalue weighted by molar-refractivity contribution is -0.138. The van der Waals surface area contributed by atoms with Gasteiger partial charge in [-0.25, -0.2) is 4.79 Å². The highest BCUT2D eigenvalue weighted by molar-refractivity contribution is 6.26. The lowest BCUT2D eigenvalue weighted by Crippen LogP contribution is -2.43. The van der Waals surface area contributed by atoms with Crippen LogP contribution in [-0.4, -0.2) is 60.1 Å². The number of nitrogens with zero attached hydrogens (tertiary/aromatic N) is 2. The first-order chi connectivity index (χ1) is 17.4. The van der Waals surface area contributed by atoms with Gasteiger partial charge in [0.15, 0.2) is 0 Å². The minimum absolute atomic E-state index is 0.0373. The topological polar surface area (TPSA) is 113 Å². The van der Waals surface area contributed by atoms with Crippen molar-refractivity contribution in [2.45, 2.75) is 31.8 Å². The summed E-state index contributed by atoms with van der Waals surface area (Å²) in [6.07, 6.45) is 0.542. The highest BCUT2D eigenvalue weighted by atomic mass is 16.5. The summed E-state index contributed by atoms with van der Waals surface area (Å²) in [6.45, 7) is 4.36. The molecule has 3 aromatic rings. The summed E-state index contributed by atoms with van der Waals surface area (Å²) in [5.74, 6) is -2.12. The fraction of sp³-hybridized carbons (Fsp3) is 0.321. The zero-order chi connectivity index (χ0) is 25.2. The van der Waals surface area contributed by atoms with Crippen LogP contribution in [0, 0.1) is 0 Å². The summed E-state index contributed by atoms with van der Waals surface area (Å²) < 4.78 is 5.43. The predicted molar refractivity (Wildman–Crippen MR) is 136 cm³/mol. The number of carboxylic acids is 1. The number of morpholine rings is 1. The monoisotopic (exact) mass is 487 g/mol. The highest BCUT2D eigenvalue weighted by Gasteiger charge is 2.38. The Morgan fingerprint density at radius 3 is 2.42 bits per heavy atom. The summed E-state index contributed by atoms with van der Waals surface area (Å²) >= 11 is 0. The van der Waals surface area contributed by atoms with E-state index in [9.17, 15) is 19.5 Å². The van der Waals surface area contributed by atoms with Crippen LogP contribution in [-0.2, 0) is 27.3 Å². The van der Waals surface area contributed by atoms with E-state index < -0.39 is 17.9 Å². The van der Waals surface area contributed by atoms with E-state index in [1.54, 1.807) is 6.07 Å². The molecular weight excluding hydrogens is 458 g/mol. The first-order valence-corrected chi connectivity index (χ1v) is 12.2. The number of ether oxygens (including phenoxy) is 1. The van der Waals surface area contributed by atoms with Crippen molar-refractivity contribution in [3.8, 4) is 0 Å².